The molecule has 5 nitrogen and oxygen atoms in total. The maximum Gasteiger partial charge on any atom is 0.248 e. The second kappa shape index (κ2) is 7.73. The Morgan fingerprint density at radius 3 is 2.43 bits per heavy atom. The minimum Gasteiger partial charge on any atom is -0.395 e. The van der Waals surface area contributed by atoms with Crippen molar-refractivity contribution in [3.05, 3.63) is 0 Å². The number of carbonyl (C=O) groups is 1. The summed E-state index contributed by atoms with van der Waals surface area (Å²) >= 11 is 0. The minimum atomic E-state index is -0.217. The summed E-state index contributed by atoms with van der Waals surface area (Å²) in [4.78, 5) is 13.0. The third-order valence-corrected chi connectivity index (χ3v) is 2.35. The van der Waals surface area contributed by atoms with Crippen LogP contribution in [0.5, 0.6) is 0 Å². The molecule has 0 aromatic heterocycles. The summed E-state index contributed by atoms with van der Waals surface area (Å²) in [5.74, 6) is 4.79. The van der Waals surface area contributed by atoms with Gasteiger partial charge >= 0.3 is 0 Å². The lowest BCUT2D eigenvalue weighted by Crippen LogP contribution is -2.45. The van der Waals surface area contributed by atoms with Crippen molar-refractivity contribution in [3.8, 4) is 0 Å². The Labute approximate surface area is 85.2 Å². The number of hydrazine groups is 1. The third-order valence-electron chi connectivity index (χ3n) is 2.35. The Morgan fingerprint density at radius 1 is 1.50 bits per heavy atom. The van der Waals surface area contributed by atoms with Gasteiger partial charge in [-0.3, -0.25) is 15.1 Å². The first kappa shape index (κ1) is 13.4. The lowest BCUT2D eigenvalue weighted by atomic mass is 10.1. The predicted octanol–water partition coefficient (Wildman–Crippen LogP) is -0.541. The molecule has 0 radical (unpaired) electrons. The fraction of sp³-hybridized carbons (Fsp3) is 0.889. The SMILES string of the molecule is CCC(CC)N(CCO)CC(=O)NN. The standard InChI is InChI=1S/C9H21N3O2/c1-3-8(4-2)12(5-6-13)7-9(14)11-10/h8,13H,3-7,10H2,1-2H3,(H,11,14). The molecule has 0 aliphatic carbocycles. The first-order valence-electron chi connectivity index (χ1n) is 5.03. The summed E-state index contributed by atoms with van der Waals surface area (Å²) in [6, 6.07) is 0.333. The molecule has 0 rings (SSSR count). The van der Waals surface area contributed by atoms with E-state index in [0.29, 0.717) is 12.6 Å². The second-order valence-electron chi connectivity index (χ2n) is 3.23. The number of amides is 1. The van der Waals surface area contributed by atoms with Gasteiger partial charge < -0.3 is 5.11 Å². The van der Waals surface area contributed by atoms with Crippen molar-refractivity contribution in [2.24, 2.45) is 5.84 Å². The average Bonchev–Trinajstić information content (AvgIpc) is 2.19. The van der Waals surface area contributed by atoms with E-state index in [1.54, 1.807) is 0 Å². The summed E-state index contributed by atoms with van der Waals surface area (Å²) in [6.45, 7) is 4.97. The zero-order valence-electron chi connectivity index (χ0n) is 8.99. The topological polar surface area (TPSA) is 78.6 Å². The van der Waals surface area contributed by atoms with E-state index in [1.807, 2.05) is 4.90 Å². The molecule has 0 spiro atoms. The number of hydrogen-bond donors (Lipinski definition) is 3. The summed E-state index contributed by atoms with van der Waals surface area (Å²) in [5.41, 5.74) is 2.09. The van der Waals surface area contributed by atoms with E-state index in [1.165, 1.54) is 0 Å². The Kier molecular flexibility index (Phi) is 7.37. The Balaban J connectivity index is 4.17. The van der Waals surface area contributed by atoms with Crippen LogP contribution in [0.25, 0.3) is 0 Å². The van der Waals surface area contributed by atoms with Crippen molar-refractivity contribution in [2.45, 2.75) is 32.7 Å². The monoisotopic (exact) mass is 203 g/mol. The van der Waals surface area contributed by atoms with Gasteiger partial charge in [0.1, 0.15) is 0 Å². The number of carbonyl (C=O) groups excluding carboxylic acids is 1. The van der Waals surface area contributed by atoms with Crippen molar-refractivity contribution in [2.75, 3.05) is 19.7 Å². The molecule has 0 unspecified atom stereocenters. The van der Waals surface area contributed by atoms with Crippen molar-refractivity contribution in [1.82, 2.24) is 10.3 Å². The molecule has 0 aliphatic heterocycles. The second-order valence-corrected chi connectivity index (χ2v) is 3.23. The highest BCUT2D eigenvalue weighted by molar-refractivity contribution is 5.77. The molecule has 1 amide bonds. The highest BCUT2D eigenvalue weighted by Crippen LogP contribution is 2.07. The van der Waals surface area contributed by atoms with Gasteiger partial charge in [-0.05, 0) is 12.8 Å². The lowest BCUT2D eigenvalue weighted by molar-refractivity contribution is -0.123. The van der Waals surface area contributed by atoms with E-state index in [9.17, 15) is 4.79 Å². The van der Waals surface area contributed by atoms with Crippen LogP contribution in [-0.2, 0) is 4.79 Å². The van der Waals surface area contributed by atoms with Crippen LogP contribution < -0.4 is 11.3 Å². The third kappa shape index (κ3) is 4.55. The van der Waals surface area contributed by atoms with Gasteiger partial charge in [0.05, 0.1) is 13.2 Å². The first-order chi connectivity index (χ1) is 6.69. The van der Waals surface area contributed by atoms with Crippen molar-refractivity contribution in [1.29, 1.82) is 0 Å². The number of hydrogen-bond acceptors (Lipinski definition) is 4. The molecule has 0 saturated heterocycles. The number of aliphatic hydroxyl groups is 1. The molecule has 5 heteroatoms. The molecule has 14 heavy (non-hydrogen) atoms. The number of aliphatic hydroxyl groups excluding tert-OH is 1. The van der Waals surface area contributed by atoms with Crippen molar-refractivity contribution >= 4 is 5.91 Å². The molecule has 4 N–H and O–H groups in total. The Bertz CT molecular complexity index is 160. The fourth-order valence-corrected chi connectivity index (χ4v) is 1.55. The molecule has 0 aromatic rings. The summed E-state index contributed by atoms with van der Waals surface area (Å²) < 4.78 is 0. The minimum absolute atomic E-state index is 0.0638. The van der Waals surface area contributed by atoms with E-state index in [2.05, 4.69) is 19.3 Å². The molecule has 0 atom stereocenters. The van der Waals surface area contributed by atoms with Crippen LogP contribution in [0.15, 0.2) is 0 Å². The van der Waals surface area contributed by atoms with E-state index < -0.39 is 0 Å². The number of nitrogens with one attached hydrogen (secondary N) is 1. The summed E-state index contributed by atoms with van der Waals surface area (Å²) in [6.07, 6.45) is 1.93. The predicted molar refractivity (Wildman–Crippen MR) is 55.4 cm³/mol. The van der Waals surface area contributed by atoms with Crippen LogP contribution in [0.4, 0.5) is 0 Å². The van der Waals surface area contributed by atoms with Gasteiger partial charge in [-0.1, -0.05) is 13.8 Å². The molecule has 0 bridgehead atoms. The zero-order chi connectivity index (χ0) is 11.0. The van der Waals surface area contributed by atoms with Crippen LogP contribution in [0.3, 0.4) is 0 Å². The largest absolute Gasteiger partial charge is 0.395 e. The van der Waals surface area contributed by atoms with Crippen LogP contribution in [0.1, 0.15) is 26.7 Å². The van der Waals surface area contributed by atoms with Gasteiger partial charge in [0.25, 0.3) is 0 Å². The number of rotatable bonds is 7. The fourth-order valence-electron chi connectivity index (χ4n) is 1.55. The van der Waals surface area contributed by atoms with Crippen LogP contribution in [-0.4, -0.2) is 41.7 Å². The van der Waals surface area contributed by atoms with E-state index in [4.69, 9.17) is 10.9 Å². The van der Waals surface area contributed by atoms with Gasteiger partial charge in [-0.15, -0.1) is 0 Å². The highest BCUT2D eigenvalue weighted by Gasteiger charge is 2.16. The first-order valence-corrected chi connectivity index (χ1v) is 5.03. The van der Waals surface area contributed by atoms with Gasteiger partial charge in [-0.2, -0.15) is 0 Å². The quantitative estimate of drug-likeness (QED) is 0.295. The molecular formula is C9H21N3O2. The van der Waals surface area contributed by atoms with Gasteiger partial charge in [0.15, 0.2) is 0 Å². The molecule has 84 valence electrons. The smallest absolute Gasteiger partial charge is 0.248 e. The molecule has 0 aromatic carbocycles. The normalized spacial score (nSPS) is 11.0. The van der Waals surface area contributed by atoms with E-state index in [-0.39, 0.29) is 19.1 Å². The van der Waals surface area contributed by atoms with E-state index >= 15 is 0 Å². The lowest BCUT2D eigenvalue weighted by Gasteiger charge is -2.28. The maximum atomic E-state index is 11.1. The maximum absolute atomic E-state index is 11.1. The van der Waals surface area contributed by atoms with Crippen molar-refractivity contribution in [3.63, 3.8) is 0 Å². The van der Waals surface area contributed by atoms with Crippen LogP contribution in [0.2, 0.25) is 0 Å². The number of nitrogens with two attached hydrogens (primary N) is 1. The molecule has 0 aliphatic rings. The van der Waals surface area contributed by atoms with Gasteiger partial charge in [0.2, 0.25) is 5.91 Å². The van der Waals surface area contributed by atoms with Gasteiger partial charge in [0, 0.05) is 12.6 Å². The average molecular weight is 203 g/mol. The van der Waals surface area contributed by atoms with Gasteiger partial charge in [-0.25, -0.2) is 5.84 Å². The Hall–Kier alpha value is -0.650. The number of nitrogens with zero attached hydrogens (tertiary/aromatic N) is 1. The van der Waals surface area contributed by atoms with E-state index in [0.717, 1.165) is 12.8 Å². The highest BCUT2D eigenvalue weighted by atomic mass is 16.3. The molecule has 0 saturated carbocycles. The van der Waals surface area contributed by atoms with Crippen LogP contribution in [0, 0.1) is 0 Å². The summed E-state index contributed by atoms with van der Waals surface area (Å²) in [5, 5.41) is 8.86. The molecule has 0 heterocycles. The van der Waals surface area contributed by atoms with Crippen molar-refractivity contribution < 1.29 is 9.90 Å². The zero-order valence-corrected chi connectivity index (χ0v) is 8.99. The molecule has 0 fully saturated rings. The van der Waals surface area contributed by atoms with Crippen LogP contribution >= 0.6 is 0 Å². The molecular weight excluding hydrogens is 182 g/mol. The Morgan fingerprint density at radius 2 is 2.07 bits per heavy atom. The summed E-state index contributed by atoms with van der Waals surface area (Å²) in [7, 11) is 0.